The molecule has 0 aliphatic carbocycles. The zero-order chi connectivity index (χ0) is 25.8. The molecule has 2 aromatic carbocycles. The van der Waals surface area contributed by atoms with Crippen LogP contribution in [0.15, 0.2) is 48.5 Å². The van der Waals surface area contributed by atoms with Crippen LogP contribution in [0.4, 0.5) is 0 Å². The number of rotatable bonds is 8. The zero-order valence-electron chi connectivity index (χ0n) is 21.1. The number of allylic oxidation sites excluding steroid dienone is 1. The monoisotopic (exact) mass is 501 g/mol. The van der Waals surface area contributed by atoms with E-state index >= 15 is 0 Å². The summed E-state index contributed by atoms with van der Waals surface area (Å²) in [6, 6.07) is 14.0. The van der Waals surface area contributed by atoms with E-state index in [9.17, 15) is 9.59 Å². The molecule has 0 radical (unpaired) electrons. The Labute approximate surface area is 217 Å². The van der Waals surface area contributed by atoms with E-state index in [0.29, 0.717) is 23.9 Å². The van der Waals surface area contributed by atoms with Crippen molar-refractivity contribution in [1.82, 2.24) is 20.0 Å². The smallest absolute Gasteiger partial charge is 0.317 e. The highest BCUT2D eigenvalue weighted by Crippen LogP contribution is 2.33. The SMILES string of the molecule is NC(=O)c1ccc(Cn2nc(C3CCN(CC(=O)O)CC3)c3ccc(C=CC4CCNCC4)cc32)cc1. The Balaban J connectivity index is 1.43. The van der Waals surface area contributed by atoms with Gasteiger partial charge in [0.1, 0.15) is 0 Å². The van der Waals surface area contributed by atoms with Crippen LogP contribution in [-0.4, -0.2) is 64.4 Å². The number of aliphatic carboxylic acids is 1. The Bertz CT molecular complexity index is 1280. The van der Waals surface area contributed by atoms with Gasteiger partial charge >= 0.3 is 5.97 Å². The lowest BCUT2D eigenvalue weighted by atomic mass is 9.91. The molecule has 2 aliphatic heterocycles. The van der Waals surface area contributed by atoms with E-state index in [0.717, 1.165) is 61.2 Å². The van der Waals surface area contributed by atoms with Crippen LogP contribution >= 0.6 is 0 Å². The maximum Gasteiger partial charge on any atom is 0.317 e. The Kier molecular flexibility index (Phi) is 7.67. The molecule has 3 aromatic rings. The van der Waals surface area contributed by atoms with E-state index in [2.05, 4.69) is 40.3 Å². The van der Waals surface area contributed by atoms with Gasteiger partial charge in [0.05, 0.1) is 24.3 Å². The van der Waals surface area contributed by atoms with Crippen LogP contribution in [0.3, 0.4) is 0 Å². The summed E-state index contributed by atoms with van der Waals surface area (Å²) in [5.74, 6) is -0.308. The van der Waals surface area contributed by atoms with Crippen molar-refractivity contribution in [2.24, 2.45) is 11.7 Å². The molecule has 37 heavy (non-hydrogen) atoms. The van der Waals surface area contributed by atoms with E-state index in [1.807, 2.05) is 17.0 Å². The summed E-state index contributed by atoms with van der Waals surface area (Å²) in [7, 11) is 0. The van der Waals surface area contributed by atoms with Crippen LogP contribution in [0.2, 0.25) is 0 Å². The molecular formula is C29H35N5O3. The summed E-state index contributed by atoms with van der Waals surface area (Å²) >= 11 is 0. The van der Waals surface area contributed by atoms with E-state index in [1.54, 1.807) is 12.1 Å². The standard InChI is InChI=1S/C29H35N5O3/c30-29(37)24-6-3-22(4-7-24)18-34-26-17-21(2-1-20-9-13-31-14-10-20)5-8-25(26)28(32-34)23-11-15-33(16-12-23)19-27(35)36/h1-8,17,20,23,31H,9-16,18-19H2,(H2,30,37)(H,35,36). The Morgan fingerprint density at radius 2 is 1.78 bits per heavy atom. The quantitative estimate of drug-likeness (QED) is 0.436. The topological polar surface area (TPSA) is 113 Å². The minimum Gasteiger partial charge on any atom is -0.480 e. The van der Waals surface area contributed by atoms with Crippen molar-refractivity contribution >= 4 is 28.9 Å². The van der Waals surface area contributed by atoms with Gasteiger partial charge in [0.15, 0.2) is 0 Å². The summed E-state index contributed by atoms with van der Waals surface area (Å²) in [5, 5.41) is 18.8. The number of fused-ring (bicyclic) bond motifs is 1. The lowest BCUT2D eigenvalue weighted by Crippen LogP contribution is -2.36. The second-order valence-electron chi connectivity index (χ2n) is 10.3. The van der Waals surface area contributed by atoms with Crippen molar-refractivity contribution in [3.63, 3.8) is 0 Å². The first-order chi connectivity index (χ1) is 18.0. The molecular weight excluding hydrogens is 466 g/mol. The predicted octanol–water partition coefficient (Wildman–Crippen LogP) is 3.46. The third-order valence-electron chi connectivity index (χ3n) is 7.65. The first kappa shape index (κ1) is 25.2. The fraction of sp³-hybridized carbons (Fsp3) is 0.414. The van der Waals surface area contributed by atoms with Crippen LogP contribution in [0, 0.1) is 5.92 Å². The summed E-state index contributed by atoms with van der Waals surface area (Å²) in [6.45, 7) is 4.35. The third kappa shape index (κ3) is 6.09. The number of hydrogen-bond donors (Lipinski definition) is 3. The molecule has 0 bridgehead atoms. The second-order valence-corrected chi connectivity index (χ2v) is 10.3. The van der Waals surface area contributed by atoms with E-state index < -0.39 is 11.9 Å². The number of amides is 1. The molecule has 1 aromatic heterocycles. The number of carboxylic acid groups (broad SMARTS) is 1. The van der Waals surface area contributed by atoms with Gasteiger partial charge in [-0.05, 0) is 87.1 Å². The Morgan fingerprint density at radius 3 is 2.46 bits per heavy atom. The number of primary amides is 1. The number of likely N-dealkylation sites (tertiary alicyclic amines) is 1. The van der Waals surface area contributed by atoms with Crippen LogP contribution in [-0.2, 0) is 11.3 Å². The molecule has 0 unspecified atom stereocenters. The number of nitrogens with two attached hydrogens (primary N) is 1. The maximum atomic E-state index is 11.5. The molecule has 0 atom stereocenters. The normalized spacial score (nSPS) is 18.1. The molecule has 0 saturated carbocycles. The number of carboxylic acids is 1. The van der Waals surface area contributed by atoms with Crippen molar-refractivity contribution in [3.8, 4) is 0 Å². The van der Waals surface area contributed by atoms with Gasteiger partial charge in [0.25, 0.3) is 0 Å². The van der Waals surface area contributed by atoms with Gasteiger partial charge in [-0.3, -0.25) is 19.2 Å². The van der Waals surface area contributed by atoms with Crippen molar-refractivity contribution in [2.45, 2.75) is 38.1 Å². The molecule has 3 heterocycles. The van der Waals surface area contributed by atoms with E-state index in [1.165, 1.54) is 18.4 Å². The number of hydrogen-bond acceptors (Lipinski definition) is 5. The molecule has 4 N–H and O–H groups in total. The van der Waals surface area contributed by atoms with Crippen molar-refractivity contribution in [2.75, 3.05) is 32.7 Å². The molecule has 8 nitrogen and oxygen atoms in total. The van der Waals surface area contributed by atoms with Crippen LogP contribution in [0.25, 0.3) is 17.0 Å². The number of nitrogens with zero attached hydrogens (tertiary/aromatic N) is 3. The third-order valence-corrected chi connectivity index (χ3v) is 7.65. The maximum absolute atomic E-state index is 11.5. The summed E-state index contributed by atoms with van der Waals surface area (Å²) in [6.07, 6.45) is 8.70. The molecule has 194 valence electrons. The Hall–Kier alpha value is -3.49. The van der Waals surface area contributed by atoms with Crippen LogP contribution in [0.5, 0.6) is 0 Å². The number of nitrogens with one attached hydrogen (secondary N) is 1. The minimum absolute atomic E-state index is 0.0932. The van der Waals surface area contributed by atoms with Crippen molar-refractivity contribution in [3.05, 3.63) is 70.9 Å². The molecule has 2 saturated heterocycles. The molecule has 1 amide bonds. The van der Waals surface area contributed by atoms with Crippen LogP contribution < -0.4 is 11.1 Å². The van der Waals surface area contributed by atoms with Gasteiger partial charge < -0.3 is 16.2 Å². The van der Waals surface area contributed by atoms with Gasteiger partial charge in [0.2, 0.25) is 5.91 Å². The molecule has 5 rings (SSSR count). The van der Waals surface area contributed by atoms with E-state index in [4.69, 9.17) is 15.9 Å². The number of carbonyl (C=O) groups excluding carboxylic acids is 1. The summed E-state index contributed by atoms with van der Waals surface area (Å²) in [5.41, 5.74) is 10.3. The predicted molar refractivity (Wildman–Crippen MR) is 144 cm³/mol. The van der Waals surface area contributed by atoms with Gasteiger partial charge in [-0.2, -0.15) is 5.10 Å². The molecule has 8 heteroatoms. The molecule has 2 fully saturated rings. The second kappa shape index (κ2) is 11.3. The van der Waals surface area contributed by atoms with Gasteiger partial charge in [-0.15, -0.1) is 0 Å². The summed E-state index contributed by atoms with van der Waals surface area (Å²) < 4.78 is 2.06. The molecule has 0 spiro atoms. The fourth-order valence-corrected chi connectivity index (χ4v) is 5.53. The minimum atomic E-state index is -0.777. The number of aromatic nitrogens is 2. The average molecular weight is 502 g/mol. The van der Waals surface area contributed by atoms with Crippen molar-refractivity contribution < 1.29 is 14.7 Å². The molecule has 2 aliphatic rings. The fourth-order valence-electron chi connectivity index (χ4n) is 5.53. The first-order valence-corrected chi connectivity index (χ1v) is 13.2. The zero-order valence-corrected chi connectivity index (χ0v) is 21.1. The Morgan fingerprint density at radius 1 is 1.05 bits per heavy atom. The van der Waals surface area contributed by atoms with Crippen molar-refractivity contribution in [1.29, 1.82) is 0 Å². The lowest BCUT2D eigenvalue weighted by molar-refractivity contribution is -0.138. The van der Waals surface area contributed by atoms with E-state index in [-0.39, 0.29) is 6.54 Å². The lowest BCUT2D eigenvalue weighted by Gasteiger charge is -2.30. The van der Waals surface area contributed by atoms with Gasteiger partial charge in [0, 0.05) is 16.9 Å². The highest BCUT2D eigenvalue weighted by Gasteiger charge is 2.26. The number of piperidine rings is 2. The highest BCUT2D eigenvalue weighted by molar-refractivity contribution is 5.92. The van der Waals surface area contributed by atoms with Gasteiger partial charge in [-0.1, -0.05) is 36.4 Å². The summed E-state index contributed by atoms with van der Waals surface area (Å²) in [4.78, 5) is 24.6. The number of benzene rings is 2. The van der Waals surface area contributed by atoms with Crippen LogP contribution in [0.1, 0.15) is 58.8 Å². The van der Waals surface area contributed by atoms with Gasteiger partial charge in [-0.25, -0.2) is 0 Å². The highest BCUT2D eigenvalue weighted by atomic mass is 16.4. The first-order valence-electron chi connectivity index (χ1n) is 13.2. The average Bonchev–Trinajstić information content (AvgIpc) is 3.26. The largest absolute Gasteiger partial charge is 0.480 e. The number of carbonyl (C=O) groups is 2.